The van der Waals surface area contributed by atoms with Gasteiger partial charge in [-0.2, -0.15) is 0 Å². The van der Waals surface area contributed by atoms with Crippen LogP contribution in [0.25, 0.3) is 0 Å². The average Bonchev–Trinajstić information content (AvgIpc) is 3.34. The molecule has 4 aromatic carbocycles. The lowest BCUT2D eigenvalue weighted by molar-refractivity contribution is -0.131. The van der Waals surface area contributed by atoms with E-state index in [1.165, 1.54) is 19.6 Å². The molecule has 0 spiro atoms. The van der Waals surface area contributed by atoms with Crippen molar-refractivity contribution in [2.45, 2.75) is 158 Å². The molecule has 0 radical (unpaired) electrons. The van der Waals surface area contributed by atoms with Gasteiger partial charge in [0, 0.05) is 101 Å². The molecule has 16 heteroatoms. The maximum atomic E-state index is 13.2. The molecule has 0 aliphatic carbocycles. The molecule has 4 amide bonds. The Labute approximate surface area is 477 Å². The van der Waals surface area contributed by atoms with Crippen LogP contribution in [0, 0.1) is 0 Å². The smallest absolute Gasteiger partial charge is 0.259 e. The fourth-order valence-corrected chi connectivity index (χ4v) is 8.48. The number of carbonyl (C=O) groups is 4. The molecule has 0 unspecified atom stereocenters. The highest BCUT2D eigenvalue weighted by Crippen LogP contribution is 2.40. The molecule has 0 saturated heterocycles. The number of fused-ring (bicyclic) bond motifs is 8. The number of likely N-dealkylation sites (N-methyl/N-ethyl adjacent to an activating group) is 4. The number of nitrogens with zero attached hydrogens (tertiary/aromatic N) is 4. The predicted molar refractivity (Wildman–Crippen MR) is 311 cm³/mol. The second-order valence-electron chi connectivity index (χ2n) is 25.8. The van der Waals surface area contributed by atoms with Gasteiger partial charge in [-0.1, -0.05) is 83.1 Å². The first-order valence-electron chi connectivity index (χ1n) is 27.4. The Morgan fingerprint density at radius 2 is 0.450 bits per heavy atom. The van der Waals surface area contributed by atoms with E-state index in [9.17, 15) is 19.2 Å². The van der Waals surface area contributed by atoms with Gasteiger partial charge in [0.15, 0.2) is 26.4 Å². The average molecular weight is 1110 g/mol. The summed E-state index contributed by atoms with van der Waals surface area (Å²) >= 11 is 0. The molecule has 8 bridgehead atoms. The van der Waals surface area contributed by atoms with Crippen LogP contribution in [-0.4, -0.2) is 126 Å². The topological polar surface area (TPSA) is 155 Å². The molecule has 1 heterocycles. The highest BCUT2D eigenvalue weighted by molar-refractivity contribution is 5.78. The third-order valence-electron chi connectivity index (χ3n) is 13.9. The minimum Gasteiger partial charge on any atom is -0.483 e. The normalized spacial score (nSPS) is 14.1. The first-order chi connectivity index (χ1) is 37.1. The van der Waals surface area contributed by atoms with Crippen molar-refractivity contribution in [3.05, 3.63) is 115 Å². The van der Waals surface area contributed by atoms with Gasteiger partial charge < -0.3 is 57.5 Å². The van der Waals surface area contributed by atoms with Crippen LogP contribution in [0.3, 0.4) is 0 Å². The Balaban J connectivity index is 1.79. The lowest BCUT2D eigenvalue weighted by Crippen LogP contribution is -2.28. The number of ether oxygens (including phenoxy) is 8. The van der Waals surface area contributed by atoms with Crippen molar-refractivity contribution in [1.29, 1.82) is 0 Å². The number of carbonyl (C=O) groups excluding carboxylic acids is 4. The van der Waals surface area contributed by atoms with Gasteiger partial charge in [0.25, 0.3) is 23.6 Å². The number of amides is 4. The van der Waals surface area contributed by atoms with E-state index < -0.39 is 0 Å². The zero-order valence-electron chi connectivity index (χ0n) is 51.8. The molecule has 16 nitrogen and oxygen atoms in total. The van der Waals surface area contributed by atoms with E-state index in [2.05, 4.69) is 132 Å². The summed E-state index contributed by atoms with van der Waals surface area (Å²) in [7, 11) is 13.5. The Bertz CT molecular complexity index is 2340. The first-order valence-corrected chi connectivity index (χ1v) is 27.4. The summed E-state index contributed by atoms with van der Waals surface area (Å²) in [5.74, 6) is 0.963. The second kappa shape index (κ2) is 27.0. The van der Waals surface area contributed by atoms with Crippen LogP contribution in [0.2, 0.25) is 0 Å². The van der Waals surface area contributed by atoms with Crippen molar-refractivity contribution < 1.29 is 57.1 Å². The van der Waals surface area contributed by atoms with Crippen molar-refractivity contribution in [2.24, 2.45) is 0 Å². The molecular formula is C64H92N4O12. The molecule has 1 aliphatic rings. The Kier molecular flexibility index (Phi) is 21.8. The molecule has 0 fully saturated rings. The maximum absolute atomic E-state index is 13.2. The van der Waals surface area contributed by atoms with Gasteiger partial charge in [-0.05, 0) is 92.4 Å². The van der Waals surface area contributed by atoms with E-state index in [-0.39, 0.29) is 125 Å². The van der Waals surface area contributed by atoms with E-state index >= 15 is 0 Å². The molecular weight excluding hydrogens is 1020 g/mol. The van der Waals surface area contributed by atoms with Crippen molar-refractivity contribution in [3.8, 4) is 23.0 Å². The Hall–Kier alpha value is -6.20. The van der Waals surface area contributed by atoms with Gasteiger partial charge in [0.2, 0.25) is 0 Å². The third kappa shape index (κ3) is 17.9. The van der Waals surface area contributed by atoms with Gasteiger partial charge in [-0.25, -0.2) is 0 Å². The summed E-state index contributed by atoms with van der Waals surface area (Å²) in [6.45, 7) is 25.3. The van der Waals surface area contributed by atoms with E-state index in [4.69, 9.17) is 37.9 Å². The molecule has 0 aromatic heterocycles. The Morgan fingerprint density at radius 3 is 0.562 bits per heavy atom. The molecule has 0 saturated carbocycles. The van der Waals surface area contributed by atoms with E-state index in [1.54, 1.807) is 56.4 Å². The van der Waals surface area contributed by atoms with Crippen LogP contribution >= 0.6 is 0 Å². The number of hydrogen-bond donors (Lipinski definition) is 0. The zero-order chi connectivity index (χ0) is 59.7. The van der Waals surface area contributed by atoms with Crippen LogP contribution in [0.1, 0.15) is 150 Å². The zero-order valence-corrected chi connectivity index (χ0v) is 51.8. The van der Waals surface area contributed by atoms with E-state index in [0.717, 1.165) is 22.3 Å². The summed E-state index contributed by atoms with van der Waals surface area (Å²) < 4.78 is 53.0. The lowest BCUT2D eigenvalue weighted by Gasteiger charge is -2.27. The molecule has 80 heavy (non-hydrogen) atoms. The first kappa shape index (κ1) is 64.6. The molecule has 440 valence electrons. The van der Waals surface area contributed by atoms with Crippen molar-refractivity contribution in [2.75, 3.05) is 82.8 Å². The SMILES string of the molecule is CN(C)C(=O)COc1c2cc(C(C)(C)C)cc1COCc1cc(C(C)(C)C)cc(c1OCC(=O)N(C)C)COCc1cc(C(C)(C)C)cc(c1OCC(=O)N(C)C)COCc1cc(C(C)(C)C)cc(c1OCC(=O)N(C)C)COC2. The summed E-state index contributed by atoms with van der Waals surface area (Å²) in [4.78, 5) is 58.8. The number of hydrogen-bond acceptors (Lipinski definition) is 12. The third-order valence-corrected chi connectivity index (χ3v) is 13.9. The van der Waals surface area contributed by atoms with Crippen LogP contribution in [0.15, 0.2) is 48.5 Å². The van der Waals surface area contributed by atoms with E-state index in [1.807, 2.05) is 0 Å². The van der Waals surface area contributed by atoms with Crippen molar-refractivity contribution in [3.63, 3.8) is 0 Å². The monoisotopic (exact) mass is 1110 g/mol. The standard InChI is InChI=1S/C64H92N4O12/c1-61(2,3)49-21-41-29-73-31-43-23-50(62(4,5)6)25-45(58(43)78-38-54(70)66(15)16)33-75-35-47-27-52(64(10,11)12)28-48(60(47)80-40-56(72)68(19)20)36-76-34-46-26-51(63(7,8)9)24-44(59(46)79-39-55(71)67(17)18)32-74-30-42(22-49)57(41)77-37-53(69)65(13)14/h21-28H,29-40H2,1-20H3. The van der Waals surface area contributed by atoms with Gasteiger partial charge in [0.05, 0.1) is 52.9 Å². The Morgan fingerprint density at radius 1 is 0.312 bits per heavy atom. The highest BCUT2D eigenvalue weighted by atomic mass is 16.5. The fourth-order valence-electron chi connectivity index (χ4n) is 8.48. The number of benzene rings is 4. The highest BCUT2D eigenvalue weighted by Gasteiger charge is 2.28. The van der Waals surface area contributed by atoms with E-state index in [0.29, 0.717) is 67.5 Å². The number of rotatable bonds is 12. The molecule has 1 aliphatic heterocycles. The van der Waals surface area contributed by atoms with Crippen molar-refractivity contribution in [1.82, 2.24) is 19.6 Å². The van der Waals surface area contributed by atoms with Gasteiger partial charge in [-0.15, -0.1) is 0 Å². The van der Waals surface area contributed by atoms with Gasteiger partial charge >= 0.3 is 0 Å². The quantitative estimate of drug-likeness (QED) is 0.133. The van der Waals surface area contributed by atoms with Gasteiger partial charge in [0.1, 0.15) is 23.0 Å². The largest absolute Gasteiger partial charge is 0.483 e. The summed E-state index contributed by atoms with van der Waals surface area (Å²) in [5.41, 5.74) is 8.40. The predicted octanol–water partition coefficient (Wildman–Crippen LogP) is 9.93. The van der Waals surface area contributed by atoms with Crippen LogP contribution in [-0.2, 0) is 113 Å². The van der Waals surface area contributed by atoms with Crippen LogP contribution < -0.4 is 18.9 Å². The lowest BCUT2D eigenvalue weighted by atomic mass is 9.84. The van der Waals surface area contributed by atoms with Gasteiger partial charge in [-0.3, -0.25) is 19.2 Å². The second-order valence-corrected chi connectivity index (χ2v) is 25.8. The van der Waals surface area contributed by atoms with Crippen LogP contribution in [0.5, 0.6) is 23.0 Å². The maximum Gasteiger partial charge on any atom is 0.259 e. The summed E-state index contributed by atoms with van der Waals surface area (Å²) in [6, 6.07) is 16.5. The molecule has 0 N–H and O–H groups in total. The minimum atomic E-state index is -0.318. The minimum absolute atomic E-state index is 0.0739. The molecule has 5 rings (SSSR count). The van der Waals surface area contributed by atoms with Crippen LogP contribution in [0.4, 0.5) is 0 Å². The summed E-state index contributed by atoms with van der Waals surface area (Å²) in [6.07, 6.45) is 0. The molecule has 0 atom stereocenters. The van der Waals surface area contributed by atoms with Crippen molar-refractivity contribution >= 4 is 23.6 Å². The fraction of sp³-hybridized carbons (Fsp3) is 0.562. The molecule has 4 aromatic rings. The summed E-state index contributed by atoms with van der Waals surface area (Å²) in [5, 5.41) is 0.